The number of nitrogens with one attached hydrogen (secondary N) is 1. The molecule has 0 unspecified atom stereocenters. The van der Waals surface area contributed by atoms with Crippen LogP contribution in [0.25, 0.3) is 0 Å². The lowest BCUT2D eigenvalue weighted by atomic mass is 10.3. The summed E-state index contributed by atoms with van der Waals surface area (Å²) in [6, 6.07) is 4.64. The van der Waals surface area contributed by atoms with Crippen LogP contribution in [-0.2, 0) is 16.6 Å². The Morgan fingerprint density at radius 2 is 2.21 bits per heavy atom. The molecule has 0 spiro atoms. The van der Waals surface area contributed by atoms with Gasteiger partial charge in [0.25, 0.3) is 0 Å². The number of nitrogens with two attached hydrogens (primary N) is 1. The van der Waals surface area contributed by atoms with Crippen LogP contribution >= 0.6 is 15.9 Å². The minimum absolute atomic E-state index is 0.101. The van der Waals surface area contributed by atoms with Crippen LogP contribution in [0, 0.1) is 0 Å². The Hall–Kier alpha value is -1.45. The van der Waals surface area contributed by atoms with Gasteiger partial charge in [-0.25, -0.2) is 13.4 Å². The van der Waals surface area contributed by atoms with Crippen LogP contribution in [0.3, 0.4) is 0 Å². The minimum Gasteiger partial charge on any atom is -0.399 e. The molecule has 0 aliphatic rings. The van der Waals surface area contributed by atoms with Crippen molar-refractivity contribution in [1.29, 1.82) is 0 Å². The quantitative estimate of drug-likeness (QED) is 0.803. The van der Waals surface area contributed by atoms with E-state index in [0.717, 1.165) is 0 Å². The molecule has 2 rings (SSSR count). The van der Waals surface area contributed by atoms with Gasteiger partial charge in [0.2, 0.25) is 10.0 Å². The second-order valence-corrected chi connectivity index (χ2v) is 6.75. The molecule has 0 radical (unpaired) electrons. The van der Waals surface area contributed by atoms with Crippen molar-refractivity contribution in [3.8, 4) is 0 Å². The maximum atomic E-state index is 12.4. The molecule has 0 aliphatic heterocycles. The molecular formula is C10H12BrN5O2S. The fraction of sp³-hybridized carbons (Fsp3) is 0.200. The molecule has 1 aromatic carbocycles. The molecule has 102 valence electrons. The molecule has 2 aromatic rings. The van der Waals surface area contributed by atoms with Gasteiger partial charge in [-0.3, -0.25) is 5.10 Å². The molecule has 3 N–H and O–H groups in total. The third kappa shape index (κ3) is 2.94. The van der Waals surface area contributed by atoms with Crippen molar-refractivity contribution in [2.75, 3.05) is 12.8 Å². The van der Waals surface area contributed by atoms with Crippen LogP contribution in [0.15, 0.2) is 33.9 Å². The SMILES string of the molecule is CN(Cc1ncn[nH]1)S(=O)(=O)c1cc(N)ccc1Br. The number of nitrogens with zero attached hydrogens (tertiary/aromatic N) is 3. The van der Waals surface area contributed by atoms with E-state index in [1.54, 1.807) is 12.1 Å². The van der Waals surface area contributed by atoms with Gasteiger partial charge in [0.15, 0.2) is 0 Å². The van der Waals surface area contributed by atoms with Gasteiger partial charge in [0.1, 0.15) is 12.2 Å². The highest BCUT2D eigenvalue weighted by atomic mass is 79.9. The standard InChI is InChI=1S/C10H12BrN5O2S/c1-16(5-10-13-6-14-15-10)19(17,18)9-4-7(12)2-3-8(9)11/h2-4,6H,5,12H2,1H3,(H,13,14,15). The Morgan fingerprint density at radius 3 is 2.84 bits per heavy atom. The topological polar surface area (TPSA) is 105 Å². The van der Waals surface area contributed by atoms with Gasteiger partial charge < -0.3 is 5.73 Å². The summed E-state index contributed by atoms with van der Waals surface area (Å²) < 4.78 is 26.5. The van der Waals surface area contributed by atoms with Crippen LogP contribution in [0.5, 0.6) is 0 Å². The first kappa shape index (κ1) is 14.0. The average molecular weight is 346 g/mol. The predicted octanol–water partition coefficient (Wildman–Crippen LogP) is 0.970. The maximum Gasteiger partial charge on any atom is 0.244 e. The van der Waals surface area contributed by atoms with Crippen LogP contribution < -0.4 is 5.73 Å². The number of anilines is 1. The molecule has 0 fully saturated rings. The summed E-state index contributed by atoms with van der Waals surface area (Å²) in [5, 5.41) is 6.29. The number of hydrogen-bond acceptors (Lipinski definition) is 5. The molecule has 7 nitrogen and oxygen atoms in total. The van der Waals surface area contributed by atoms with Crippen molar-refractivity contribution < 1.29 is 8.42 Å². The molecule has 0 saturated heterocycles. The fourth-order valence-corrected chi connectivity index (χ4v) is 3.58. The van der Waals surface area contributed by atoms with E-state index in [-0.39, 0.29) is 11.4 Å². The van der Waals surface area contributed by atoms with Crippen LogP contribution in [0.2, 0.25) is 0 Å². The summed E-state index contributed by atoms with van der Waals surface area (Å²) in [6.45, 7) is 0.101. The summed E-state index contributed by atoms with van der Waals surface area (Å²) >= 11 is 3.22. The Bertz CT molecular complexity index is 671. The lowest BCUT2D eigenvalue weighted by Gasteiger charge is -2.17. The van der Waals surface area contributed by atoms with E-state index in [1.807, 2.05) is 0 Å². The highest BCUT2D eigenvalue weighted by molar-refractivity contribution is 9.10. The summed E-state index contributed by atoms with van der Waals surface area (Å²) in [5.74, 6) is 0.464. The van der Waals surface area contributed by atoms with Crippen LogP contribution in [-0.4, -0.2) is 35.0 Å². The second kappa shape index (κ2) is 5.27. The lowest BCUT2D eigenvalue weighted by molar-refractivity contribution is 0.457. The van der Waals surface area contributed by atoms with Gasteiger partial charge in [-0.15, -0.1) is 0 Å². The Labute approximate surface area is 119 Å². The summed E-state index contributed by atoms with van der Waals surface area (Å²) in [7, 11) is -2.18. The highest BCUT2D eigenvalue weighted by Gasteiger charge is 2.24. The predicted molar refractivity (Wildman–Crippen MR) is 73.6 cm³/mol. The molecule has 1 aromatic heterocycles. The number of sulfonamides is 1. The number of benzene rings is 1. The molecule has 0 bridgehead atoms. The van der Waals surface area contributed by atoms with Crippen molar-refractivity contribution >= 4 is 31.6 Å². The molecule has 19 heavy (non-hydrogen) atoms. The van der Waals surface area contributed by atoms with E-state index in [4.69, 9.17) is 5.73 Å². The number of rotatable bonds is 4. The van der Waals surface area contributed by atoms with Gasteiger partial charge in [0, 0.05) is 17.2 Å². The van der Waals surface area contributed by atoms with E-state index in [1.165, 1.54) is 23.7 Å². The lowest BCUT2D eigenvalue weighted by Crippen LogP contribution is -2.27. The number of hydrogen-bond donors (Lipinski definition) is 2. The van der Waals surface area contributed by atoms with Crippen molar-refractivity contribution in [1.82, 2.24) is 19.5 Å². The van der Waals surface area contributed by atoms with Gasteiger partial charge in [-0.1, -0.05) is 0 Å². The molecule has 9 heteroatoms. The van der Waals surface area contributed by atoms with E-state index in [0.29, 0.717) is 16.0 Å². The van der Waals surface area contributed by atoms with Gasteiger partial charge in [0.05, 0.1) is 11.4 Å². The zero-order valence-electron chi connectivity index (χ0n) is 10.0. The van der Waals surface area contributed by atoms with Gasteiger partial charge in [-0.2, -0.15) is 9.40 Å². The molecule has 0 aliphatic carbocycles. The van der Waals surface area contributed by atoms with E-state index in [2.05, 4.69) is 31.1 Å². The number of nitrogen functional groups attached to an aromatic ring is 1. The Kier molecular flexibility index (Phi) is 3.88. The smallest absolute Gasteiger partial charge is 0.244 e. The summed E-state index contributed by atoms with van der Waals surface area (Å²) in [5.41, 5.74) is 6.01. The summed E-state index contributed by atoms with van der Waals surface area (Å²) in [4.78, 5) is 4.01. The Balaban J connectivity index is 2.33. The first-order chi connectivity index (χ1) is 8.91. The molecule has 1 heterocycles. The summed E-state index contributed by atoms with van der Waals surface area (Å²) in [6.07, 6.45) is 1.33. The van der Waals surface area contributed by atoms with Crippen LogP contribution in [0.1, 0.15) is 5.82 Å². The minimum atomic E-state index is -3.65. The molecular weight excluding hydrogens is 334 g/mol. The molecule has 0 amide bonds. The van der Waals surface area contributed by atoms with Crippen molar-refractivity contribution in [2.24, 2.45) is 0 Å². The Morgan fingerprint density at radius 1 is 1.47 bits per heavy atom. The highest BCUT2D eigenvalue weighted by Crippen LogP contribution is 2.26. The maximum absolute atomic E-state index is 12.4. The molecule has 0 saturated carbocycles. The third-order valence-electron chi connectivity index (χ3n) is 2.48. The van der Waals surface area contributed by atoms with E-state index < -0.39 is 10.0 Å². The average Bonchev–Trinajstić information content (AvgIpc) is 2.85. The monoisotopic (exact) mass is 345 g/mol. The zero-order chi connectivity index (χ0) is 14.0. The number of halogens is 1. The first-order valence-electron chi connectivity index (χ1n) is 5.27. The molecule has 0 atom stereocenters. The number of aromatic nitrogens is 3. The fourth-order valence-electron chi connectivity index (χ4n) is 1.49. The third-order valence-corrected chi connectivity index (χ3v) is 5.28. The van der Waals surface area contributed by atoms with Crippen LogP contribution in [0.4, 0.5) is 5.69 Å². The number of aromatic amines is 1. The first-order valence-corrected chi connectivity index (χ1v) is 7.50. The van der Waals surface area contributed by atoms with E-state index >= 15 is 0 Å². The van der Waals surface area contributed by atoms with Crippen molar-refractivity contribution in [3.05, 3.63) is 34.8 Å². The van der Waals surface area contributed by atoms with E-state index in [9.17, 15) is 8.42 Å². The normalized spacial score (nSPS) is 11.9. The second-order valence-electron chi connectivity index (χ2n) is 3.88. The van der Waals surface area contributed by atoms with Crippen molar-refractivity contribution in [2.45, 2.75) is 11.4 Å². The van der Waals surface area contributed by atoms with Gasteiger partial charge >= 0.3 is 0 Å². The largest absolute Gasteiger partial charge is 0.399 e. The van der Waals surface area contributed by atoms with Gasteiger partial charge in [-0.05, 0) is 34.1 Å². The number of H-pyrrole nitrogens is 1. The zero-order valence-corrected chi connectivity index (χ0v) is 12.4. The van der Waals surface area contributed by atoms with Crippen molar-refractivity contribution in [3.63, 3.8) is 0 Å².